The van der Waals surface area contributed by atoms with E-state index in [0.717, 1.165) is 57.7 Å². The second kappa shape index (κ2) is 13.7. The van der Waals surface area contributed by atoms with Gasteiger partial charge in [0.15, 0.2) is 5.96 Å². The first-order chi connectivity index (χ1) is 14.2. The van der Waals surface area contributed by atoms with E-state index in [1.165, 1.54) is 18.5 Å². The quantitative estimate of drug-likeness (QED) is 0.175. The number of ether oxygens (including phenoxy) is 1. The minimum Gasteiger partial charge on any atom is -0.462 e. The number of halogens is 1. The van der Waals surface area contributed by atoms with Crippen LogP contribution in [0.1, 0.15) is 58.3 Å². The van der Waals surface area contributed by atoms with E-state index < -0.39 is 0 Å². The molecule has 0 radical (unpaired) electrons. The van der Waals surface area contributed by atoms with Crippen LogP contribution in [0.3, 0.4) is 0 Å². The van der Waals surface area contributed by atoms with Gasteiger partial charge in [-0.2, -0.15) is 0 Å². The Morgan fingerprint density at radius 1 is 1.13 bits per heavy atom. The highest BCUT2D eigenvalue weighted by atomic mass is 127. The molecule has 168 valence electrons. The molecular formula is C23H37IN4O2. The van der Waals surface area contributed by atoms with Crippen LogP contribution in [0, 0.1) is 0 Å². The minimum atomic E-state index is -0.0710. The van der Waals surface area contributed by atoms with Gasteiger partial charge in [0.1, 0.15) is 6.10 Å². The summed E-state index contributed by atoms with van der Waals surface area (Å²) < 4.78 is 5.51. The van der Waals surface area contributed by atoms with Crippen molar-refractivity contribution in [2.75, 3.05) is 31.1 Å². The Hall–Kier alpha value is -1.51. The molecule has 2 fully saturated rings. The third-order valence-corrected chi connectivity index (χ3v) is 5.71. The molecule has 1 aliphatic carbocycles. The standard InChI is InChI=1S/C23H36N4O2.HI/c1-2-24-23(25-16-8-13-22(28)29-21-11-6-7-12-21)26-19-14-17-27(18-15-19)20-9-4-3-5-10-20;/h3-5,9-10,19,21H,2,6-8,11-18H2,1H3,(H2,24,25,26);1H. The number of aliphatic imine (C=N–C) groups is 1. The van der Waals surface area contributed by atoms with Crippen molar-refractivity contribution in [3.05, 3.63) is 30.3 Å². The van der Waals surface area contributed by atoms with Crippen LogP contribution in [-0.4, -0.2) is 50.3 Å². The Balaban J connectivity index is 0.00000320. The first-order valence-corrected chi connectivity index (χ1v) is 11.3. The highest BCUT2D eigenvalue weighted by Crippen LogP contribution is 2.21. The summed E-state index contributed by atoms with van der Waals surface area (Å²) in [6.45, 7) is 5.65. The predicted molar refractivity (Wildman–Crippen MR) is 134 cm³/mol. The monoisotopic (exact) mass is 528 g/mol. The summed E-state index contributed by atoms with van der Waals surface area (Å²) in [4.78, 5) is 19.0. The Morgan fingerprint density at radius 3 is 2.50 bits per heavy atom. The van der Waals surface area contributed by atoms with Crippen molar-refractivity contribution in [2.45, 2.75) is 70.4 Å². The second-order valence-electron chi connectivity index (χ2n) is 8.00. The topological polar surface area (TPSA) is 66.0 Å². The maximum Gasteiger partial charge on any atom is 0.306 e. The lowest BCUT2D eigenvalue weighted by molar-refractivity contribution is -0.148. The molecule has 7 heteroatoms. The lowest BCUT2D eigenvalue weighted by Gasteiger charge is -2.34. The van der Waals surface area contributed by atoms with Gasteiger partial charge in [0.05, 0.1) is 0 Å². The van der Waals surface area contributed by atoms with E-state index in [4.69, 9.17) is 4.74 Å². The van der Waals surface area contributed by atoms with Gasteiger partial charge in [0.2, 0.25) is 0 Å². The molecule has 1 aliphatic heterocycles. The molecule has 0 bridgehead atoms. The number of carbonyl (C=O) groups is 1. The lowest BCUT2D eigenvalue weighted by Crippen LogP contribution is -2.48. The fourth-order valence-corrected chi connectivity index (χ4v) is 4.10. The van der Waals surface area contributed by atoms with Crippen molar-refractivity contribution < 1.29 is 9.53 Å². The molecule has 0 amide bonds. The Morgan fingerprint density at radius 2 is 1.83 bits per heavy atom. The van der Waals surface area contributed by atoms with E-state index in [9.17, 15) is 4.79 Å². The summed E-state index contributed by atoms with van der Waals surface area (Å²) in [5.41, 5.74) is 1.30. The number of nitrogens with one attached hydrogen (secondary N) is 2. The number of hydrogen-bond donors (Lipinski definition) is 2. The van der Waals surface area contributed by atoms with Crippen LogP contribution in [0.2, 0.25) is 0 Å². The van der Waals surface area contributed by atoms with Gasteiger partial charge in [0, 0.05) is 44.3 Å². The number of piperidine rings is 1. The van der Waals surface area contributed by atoms with Crippen LogP contribution >= 0.6 is 24.0 Å². The molecule has 0 aromatic heterocycles. The maximum absolute atomic E-state index is 11.9. The molecule has 2 aliphatic rings. The number of anilines is 1. The number of esters is 1. The number of hydrogen-bond acceptors (Lipinski definition) is 4. The number of benzene rings is 1. The van der Waals surface area contributed by atoms with Gasteiger partial charge in [-0.25, -0.2) is 0 Å². The molecule has 2 N–H and O–H groups in total. The van der Waals surface area contributed by atoms with Gasteiger partial charge in [-0.3, -0.25) is 9.79 Å². The molecule has 0 atom stereocenters. The largest absolute Gasteiger partial charge is 0.462 e. The third kappa shape index (κ3) is 8.32. The summed E-state index contributed by atoms with van der Waals surface area (Å²) in [5, 5.41) is 6.90. The van der Waals surface area contributed by atoms with Crippen LogP contribution < -0.4 is 15.5 Å². The van der Waals surface area contributed by atoms with E-state index in [1.807, 2.05) is 0 Å². The van der Waals surface area contributed by atoms with Crippen LogP contribution in [0.15, 0.2) is 35.3 Å². The van der Waals surface area contributed by atoms with E-state index in [0.29, 0.717) is 19.0 Å². The highest BCUT2D eigenvalue weighted by Gasteiger charge is 2.20. The fourth-order valence-electron chi connectivity index (χ4n) is 4.10. The van der Waals surface area contributed by atoms with E-state index in [-0.39, 0.29) is 36.0 Å². The molecule has 1 aromatic rings. The van der Waals surface area contributed by atoms with Crippen molar-refractivity contribution >= 4 is 41.6 Å². The van der Waals surface area contributed by atoms with Gasteiger partial charge in [-0.1, -0.05) is 18.2 Å². The average molecular weight is 528 g/mol. The number of para-hydroxylation sites is 1. The van der Waals surface area contributed by atoms with Crippen molar-refractivity contribution in [3.63, 3.8) is 0 Å². The molecule has 1 heterocycles. The molecule has 1 saturated heterocycles. The SMILES string of the molecule is CCNC(=NCCCC(=O)OC1CCCC1)NC1CCN(c2ccccc2)CC1.I. The lowest BCUT2D eigenvalue weighted by atomic mass is 10.0. The van der Waals surface area contributed by atoms with Crippen molar-refractivity contribution in [2.24, 2.45) is 4.99 Å². The van der Waals surface area contributed by atoms with Gasteiger partial charge < -0.3 is 20.3 Å². The zero-order chi connectivity index (χ0) is 20.3. The summed E-state index contributed by atoms with van der Waals surface area (Å²) in [6.07, 6.45) is 7.95. The highest BCUT2D eigenvalue weighted by molar-refractivity contribution is 14.0. The molecule has 3 rings (SSSR count). The zero-order valence-electron chi connectivity index (χ0n) is 18.1. The van der Waals surface area contributed by atoms with Crippen LogP contribution in [0.25, 0.3) is 0 Å². The summed E-state index contributed by atoms with van der Waals surface area (Å²) >= 11 is 0. The number of rotatable bonds is 8. The third-order valence-electron chi connectivity index (χ3n) is 5.71. The van der Waals surface area contributed by atoms with Crippen LogP contribution in [0.4, 0.5) is 5.69 Å². The predicted octanol–water partition coefficient (Wildman–Crippen LogP) is 4.09. The molecule has 6 nitrogen and oxygen atoms in total. The normalized spacial score (nSPS) is 18.0. The zero-order valence-corrected chi connectivity index (χ0v) is 20.5. The van der Waals surface area contributed by atoms with Gasteiger partial charge >= 0.3 is 5.97 Å². The maximum atomic E-state index is 11.9. The molecular weight excluding hydrogens is 491 g/mol. The number of guanidine groups is 1. The summed E-state index contributed by atoms with van der Waals surface area (Å²) in [6, 6.07) is 11.0. The van der Waals surface area contributed by atoms with Crippen molar-refractivity contribution in [1.29, 1.82) is 0 Å². The summed E-state index contributed by atoms with van der Waals surface area (Å²) in [5.74, 6) is 0.785. The fraction of sp³-hybridized carbons (Fsp3) is 0.652. The van der Waals surface area contributed by atoms with Gasteiger partial charge in [-0.15, -0.1) is 24.0 Å². The van der Waals surface area contributed by atoms with Crippen molar-refractivity contribution in [1.82, 2.24) is 10.6 Å². The first kappa shape index (κ1) is 24.8. The average Bonchev–Trinajstić information content (AvgIpc) is 3.25. The molecule has 1 aromatic carbocycles. The molecule has 0 spiro atoms. The number of nitrogens with zero attached hydrogens (tertiary/aromatic N) is 2. The molecule has 1 saturated carbocycles. The Kier molecular flexibility index (Phi) is 11.3. The van der Waals surface area contributed by atoms with E-state index >= 15 is 0 Å². The summed E-state index contributed by atoms with van der Waals surface area (Å²) in [7, 11) is 0. The Labute approximate surface area is 198 Å². The van der Waals surface area contributed by atoms with Crippen molar-refractivity contribution in [3.8, 4) is 0 Å². The molecule has 30 heavy (non-hydrogen) atoms. The number of carbonyl (C=O) groups excluding carboxylic acids is 1. The Bertz CT molecular complexity index is 642. The van der Waals surface area contributed by atoms with Gasteiger partial charge in [-0.05, 0) is 64.0 Å². The van der Waals surface area contributed by atoms with Crippen LogP contribution in [-0.2, 0) is 9.53 Å². The first-order valence-electron chi connectivity index (χ1n) is 11.3. The minimum absolute atomic E-state index is 0. The van der Waals surface area contributed by atoms with E-state index in [1.54, 1.807) is 0 Å². The van der Waals surface area contributed by atoms with E-state index in [2.05, 4.69) is 57.8 Å². The van der Waals surface area contributed by atoms with Crippen LogP contribution in [0.5, 0.6) is 0 Å². The second-order valence-corrected chi connectivity index (χ2v) is 8.00. The smallest absolute Gasteiger partial charge is 0.306 e. The molecule has 0 unspecified atom stereocenters. The van der Waals surface area contributed by atoms with Gasteiger partial charge in [0.25, 0.3) is 0 Å².